The fourth-order valence-electron chi connectivity index (χ4n) is 1.87. The van der Waals surface area contributed by atoms with Crippen LogP contribution in [0.15, 0.2) is 53.0 Å². The Morgan fingerprint density at radius 3 is 2.70 bits per heavy atom. The van der Waals surface area contributed by atoms with Gasteiger partial charge in [-0.2, -0.15) is 0 Å². The third-order valence-corrected chi connectivity index (χ3v) is 4.44. The zero-order chi connectivity index (χ0) is 14.1. The fourth-order valence-corrected chi connectivity index (χ4v) is 3.16. The van der Waals surface area contributed by atoms with Crippen molar-refractivity contribution in [2.45, 2.75) is 0 Å². The molecule has 2 aromatic carbocycles. The summed E-state index contributed by atoms with van der Waals surface area (Å²) in [6.45, 7) is 0. The van der Waals surface area contributed by atoms with Gasteiger partial charge in [-0.1, -0.05) is 34.1 Å². The van der Waals surface area contributed by atoms with Crippen molar-refractivity contribution in [2.75, 3.05) is 5.32 Å². The van der Waals surface area contributed by atoms with Crippen LogP contribution in [0.5, 0.6) is 0 Å². The third-order valence-electron chi connectivity index (χ3n) is 2.83. The quantitative estimate of drug-likeness (QED) is 0.688. The van der Waals surface area contributed by atoms with Gasteiger partial charge in [0.2, 0.25) is 0 Å². The zero-order valence-corrected chi connectivity index (χ0v) is 12.6. The molecule has 0 atom stereocenters. The molecule has 1 aromatic heterocycles. The minimum Gasteiger partial charge on any atom is -0.319 e. The molecule has 1 N–H and O–H groups in total. The lowest BCUT2D eigenvalue weighted by molar-refractivity contribution is 0.103. The van der Waals surface area contributed by atoms with Crippen molar-refractivity contribution < 1.29 is 9.18 Å². The summed E-state index contributed by atoms with van der Waals surface area (Å²) in [4.78, 5) is 12.7. The SMILES string of the molecule is O=C(Nc1ccc(Br)cc1F)c1cc2ccccc2s1. The van der Waals surface area contributed by atoms with E-state index in [-0.39, 0.29) is 11.6 Å². The molecule has 100 valence electrons. The summed E-state index contributed by atoms with van der Waals surface area (Å²) in [7, 11) is 0. The van der Waals surface area contributed by atoms with Crippen LogP contribution in [0.25, 0.3) is 10.1 Å². The van der Waals surface area contributed by atoms with Gasteiger partial charge in [0.15, 0.2) is 0 Å². The van der Waals surface area contributed by atoms with Gasteiger partial charge in [-0.3, -0.25) is 4.79 Å². The van der Waals surface area contributed by atoms with Crippen LogP contribution >= 0.6 is 27.3 Å². The lowest BCUT2D eigenvalue weighted by Gasteiger charge is -2.05. The molecule has 0 unspecified atom stereocenters. The summed E-state index contributed by atoms with van der Waals surface area (Å²) < 4.78 is 15.4. The van der Waals surface area contributed by atoms with Crippen LogP contribution in [-0.4, -0.2) is 5.91 Å². The lowest BCUT2D eigenvalue weighted by atomic mass is 10.2. The average molecular weight is 350 g/mol. The van der Waals surface area contributed by atoms with Crippen LogP contribution in [0, 0.1) is 5.82 Å². The van der Waals surface area contributed by atoms with Crippen molar-refractivity contribution in [3.63, 3.8) is 0 Å². The van der Waals surface area contributed by atoms with Crippen LogP contribution < -0.4 is 5.32 Å². The molecule has 0 aliphatic heterocycles. The number of anilines is 1. The number of hydrogen-bond acceptors (Lipinski definition) is 2. The normalized spacial score (nSPS) is 10.7. The fraction of sp³-hybridized carbons (Fsp3) is 0. The van der Waals surface area contributed by atoms with Gasteiger partial charge in [-0.05, 0) is 35.7 Å². The first kappa shape index (κ1) is 13.3. The summed E-state index contributed by atoms with van der Waals surface area (Å²) in [6.07, 6.45) is 0. The smallest absolute Gasteiger partial charge is 0.265 e. The molecule has 1 heterocycles. The van der Waals surface area contributed by atoms with Gasteiger partial charge in [0, 0.05) is 9.17 Å². The number of amides is 1. The first-order valence-electron chi connectivity index (χ1n) is 5.88. The lowest BCUT2D eigenvalue weighted by Crippen LogP contribution is -2.11. The number of thiophene rings is 1. The number of hydrogen-bond donors (Lipinski definition) is 1. The van der Waals surface area contributed by atoms with Crippen molar-refractivity contribution in [3.05, 3.63) is 63.7 Å². The maximum Gasteiger partial charge on any atom is 0.265 e. The van der Waals surface area contributed by atoms with Gasteiger partial charge in [-0.25, -0.2) is 4.39 Å². The third kappa shape index (κ3) is 2.59. The molecule has 0 fully saturated rings. The highest BCUT2D eigenvalue weighted by Crippen LogP contribution is 2.26. The number of benzene rings is 2. The second-order valence-corrected chi connectivity index (χ2v) is 6.23. The number of nitrogens with one attached hydrogen (secondary N) is 1. The van der Waals surface area contributed by atoms with Gasteiger partial charge in [0.1, 0.15) is 5.82 Å². The van der Waals surface area contributed by atoms with Crippen LogP contribution in [0.3, 0.4) is 0 Å². The average Bonchev–Trinajstić information content (AvgIpc) is 2.86. The Morgan fingerprint density at radius 1 is 1.15 bits per heavy atom. The molecule has 0 spiro atoms. The van der Waals surface area contributed by atoms with E-state index in [1.54, 1.807) is 6.07 Å². The molecule has 0 radical (unpaired) electrons. The molecule has 0 aliphatic carbocycles. The number of halogens is 2. The summed E-state index contributed by atoms with van der Waals surface area (Å²) in [5.74, 6) is -0.763. The minimum atomic E-state index is -0.464. The molecular formula is C15H9BrFNOS. The molecule has 2 nitrogen and oxygen atoms in total. The highest BCUT2D eigenvalue weighted by atomic mass is 79.9. The summed E-state index contributed by atoms with van der Waals surface area (Å²) in [5, 5.41) is 3.60. The topological polar surface area (TPSA) is 29.1 Å². The molecule has 3 rings (SSSR count). The molecule has 0 saturated carbocycles. The van der Waals surface area contributed by atoms with Crippen molar-refractivity contribution in [1.29, 1.82) is 0 Å². The van der Waals surface area contributed by atoms with Crippen LogP contribution in [0.1, 0.15) is 9.67 Å². The van der Waals surface area contributed by atoms with Gasteiger partial charge < -0.3 is 5.32 Å². The van der Waals surface area contributed by atoms with E-state index in [2.05, 4.69) is 21.2 Å². The van der Waals surface area contributed by atoms with Crippen molar-refractivity contribution >= 4 is 48.9 Å². The highest BCUT2D eigenvalue weighted by Gasteiger charge is 2.12. The molecule has 0 bridgehead atoms. The van der Waals surface area contributed by atoms with E-state index in [1.807, 2.05) is 30.3 Å². The Morgan fingerprint density at radius 2 is 1.95 bits per heavy atom. The molecule has 0 saturated heterocycles. The molecule has 5 heteroatoms. The molecule has 0 aliphatic rings. The van der Waals surface area contributed by atoms with Crippen molar-refractivity contribution in [3.8, 4) is 0 Å². The zero-order valence-electron chi connectivity index (χ0n) is 10.2. The number of rotatable bonds is 2. The predicted octanol–water partition coefficient (Wildman–Crippen LogP) is 5.06. The van der Waals surface area contributed by atoms with E-state index < -0.39 is 5.82 Å². The van der Waals surface area contributed by atoms with Gasteiger partial charge in [-0.15, -0.1) is 11.3 Å². The van der Waals surface area contributed by atoms with Gasteiger partial charge in [0.25, 0.3) is 5.91 Å². The van der Waals surface area contributed by atoms with Crippen molar-refractivity contribution in [1.82, 2.24) is 0 Å². The number of carbonyl (C=O) groups is 1. The molecule has 3 aromatic rings. The van der Waals surface area contributed by atoms with Crippen LogP contribution in [0.4, 0.5) is 10.1 Å². The maximum atomic E-state index is 13.7. The van der Waals surface area contributed by atoms with E-state index >= 15 is 0 Å². The Bertz CT molecular complexity index is 766. The van der Waals surface area contributed by atoms with E-state index in [0.717, 1.165) is 10.1 Å². The minimum absolute atomic E-state index is 0.177. The van der Waals surface area contributed by atoms with E-state index in [4.69, 9.17) is 0 Å². The van der Waals surface area contributed by atoms with Crippen LogP contribution in [-0.2, 0) is 0 Å². The summed E-state index contributed by atoms with van der Waals surface area (Å²) in [5.41, 5.74) is 0.177. The van der Waals surface area contributed by atoms with E-state index in [1.165, 1.54) is 23.5 Å². The maximum absolute atomic E-state index is 13.7. The molecule has 1 amide bonds. The predicted molar refractivity (Wildman–Crippen MR) is 83.9 cm³/mol. The van der Waals surface area contributed by atoms with Crippen molar-refractivity contribution in [2.24, 2.45) is 0 Å². The molecular weight excluding hydrogens is 341 g/mol. The summed E-state index contributed by atoms with van der Waals surface area (Å²) >= 11 is 4.57. The highest BCUT2D eigenvalue weighted by molar-refractivity contribution is 9.10. The second-order valence-electron chi connectivity index (χ2n) is 4.23. The standard InChI is InChI=1S/C15H9BrFNOS/c16-10-5-6-12(11(17)8-10)18-15(19)14-7-9-3-1-2-4-13(9)20-14/h1-8H,(H,18,19). The Hall–Kier alpha value is -1.72. The Balaban J connectivity index is 1.89. The largest absolute Gasteiger partial charge is 0.319 e. The first-order chi connectivity index (χ1) is 9.63. The number of fused-ring (bicyclic) bond motifs is 1. The van der Waals surface area contributed by atoms with E-state index in [0.29, 0.717) is 9.35 Å². The first-order valence-corrected chi connectivity index (χ1v) is 7.49. The number of carbonyl (C=O) groups excluding carboxylic acids is 1. The Kier molecular flexibility index (Phi) is 3.54. The Labute approximate surface area is 127 Å². The summed E-state index contributed by atoms with van der Waals surface area (Å²) in [6, 6.07) is 14.1. The second kappa shape index (κ2) is 5.34. The van der Waals surface area contributed by atoms with E-state index in [9.17, 15) is 9.18 Å². The van der Waals surface area contributed by atoms with Crippen LogP contribution in [0.2, 0.25) is 0 Å². The molecule has 20 heavy (non-hydrogen) atoms. The monoisotopic (exact) mass is 349 g/mol. The van der Waals surface area contributed by atoms with Gasteiger partial charge >= 0.3 is 0 Å². The van der Waals surface area contributed by atoms with Gasteiger partial charge in [0.05, 0.1) is 10.6 Å².